The van der Waals surface area contributed by atoms with Crippen molar-refractivity contribution in [2.75, 3.05) is 6.61 Å². The Morgan fingerprint density at radius 3 is 2.05 bits per heavy atom. The lowest BCUT2D eigenvalue weighted by atomic mass is 10.1. The quantitative estimate of drug-likeness (QED) is 0.106. The minimum atomic E-state index is -1.27. The van der Waals surface area contributed by atoms with E-state index in [4.69, 9.17) is 14.2 Å². The van der Waals surface area contributed by atoms with Crippen LogP contribution in [0.2, 0.25) is 0 Å². The molecule has 0 bridgehead atoms. The van der Waals surface area contributed by atoms with Gasteiger partial charge in [-0.15, -0.1) is 0 Å². The van der Waals surface area contributed by atoms with Crippen molar-refractivity contribution >= 4 is 5.97 Å². The molecule has 0 N–H and O–H groups in total. The number of rotatable bonds is 19. The molecular weight excluding hydrogens is 474 g/mol. The van der Waals surface area contributed by atoms with Gasteiger partial charge in [0.1, 0.15) is 0 Å². The second-order valence-corrected chi connectivity index (χ2v) is 9.57. The summed E-state index contributed by atoms with van der Waals surface area (Å²) in [6.07, 6.45) is 13.7. The molecule has 206 valence electrons. The maximum Gasteiger partial charge on any atom is 0.346 e. The van der Waals surface area contributed by atoms with Gasteiger partial charge in [-0.1, -0.05) is 90.7 Å². The van der Waals surface area contributed by atoms with Crippen LogP contribution in [0.3, 0.4) is 0 Å². The maximum atomic E-state index is 14.8. The Hall–Kier alpha value is -2.63. The molecule has 0 fully saturated rings. The third-order valence-electron chi connectivity index (χ3n) is 6.36. The fourth-order valence-electron chi connectivity index (χ4n) is 4.21. The number of hydrogen-bond donors (Lipinski definition) is 0. The Kier molecular flexibility index (Phi) is 14.7. The molecule has 0 saturated carbocycles. The lowest BCUT2D eigenvalue weighted by Gasteiger charge is -2.20. The van der Waals surface area contributed by atoms with Crippen LogP contribution in [0.15, 0.2) is 36.4 Å². The molecule has 0 aliphatic rings. The predicted octanol–water partition coefficient (Wildman–Crippen LogP) is 9.44. The average Bonchev–Trinajstić information content (AvgIpc) is 2.89. The van der Waals surface area contributed by atoms with E-state index in [0.29, 0.717) is 12.4 Å². The standard InChI is InChI=1S/C31H44F2O4/c1-4-7-9-11-12-16-23-35-28-22-21-25(29(32)30(28)33)31(34)37-27-20-15-14-19-26(27)36-24(17-6-3)18-13-10-8-5-2/h14-15,19-22,24H,4-13,16-18,23H2,1-3H3. The van der Waals surface area contributed by atoms with Crippen LogP contribution in [0.1, 0.15) is 115 Å². The van der Waals surface area contributed by atoms with Gasteiger partial charge in [-0.25, -0.2) is 9.18 Å². The monoisotopic (exact) mass is 518 g/mol. The normalized spacial score (nSPS) is 11.8. The van der Waals surface area contributed by atoms with Crippen molar-refractivity contribution < 1.29 is 27.8 Å². The van der Waals surface area contributed by atoms with Gasteiger partial charge in [0.2, 0.25) is 5.82 Å². The van der Waals surface area contributed by atoms with Crippen molar-refractivity contribution in [3.63, 3.8) is 0 Å². The Morgan fingerprint density at radius 2 is 1.35 bits per heavy atom. The smallest absolute Gasteiger partial charge is 0.346 e. The molecule has 0 aliphatic carbocycles. The Bertz CT molecular complexity index is 931. The number of ether oxygens (including phenoxy) is 3. The zero-order valence-electron chi connectivity index (χ0n) is 22.8. The molecule has 0 heterocycles. The molecular formula is C31H44F2O4. The van der Waals surface area contributed by atoms with Gasteiger partial charge in [0, 0.05) is 0 Å². The van der Waals surface area contributed by atoms with Crippen LogP contribution in [-0.4, -0.2) is 18.7 Å². The maximum absolute atomic E-state index is 14.8. The van der Waals surface area contributed by atoms with Crippen LogP contribution < -0.4 is 14.2 Å². The molecule has 6 heteroatoms. The highest BCUT2D eigenvalue weighted by atomic mass is 19.2. The van der Waals surface area contributed by atoms with Gasteiger partial charge >= 0.3 is 5.97 Å². The highest BCUT2D eigenvalue weighted by molar-refractivity contribution is 5.91. The average molecular weight is 519 g/mol. The number of benzene rings is 2. The molecule has 4 nitrogen and oxygen atoms in total. The molecule has 1 atom stereocenters. The van der Waals surface area contributed by atoms with Crippen molar-refractivity contribution in [3.05, 3.63) is 53.6 Å². The Labute approximate surface area is 221 Å². The van der Waals surface area contributed by atoms with Gasteiger partial charge in [0.25, 0.3) is 0 Å². The number of hydrogen-bond acceptors (Lipinski definition) is 4. The molecule has 0 spiro atoms. The van der Waals surface area contributed by atoms with Crippen molar-refractivity contribution in [3.8, 4) is 17.2 Å². The van der Waals surface area contributed by atoms with Crippen molar-refractivity contribution in [1.82, 2.24) is 0 Å². The summed E-state index contributed by atoms with van der Waals surface area (Å²) in [4.78, 5) is 12.8. The first-order chi connectivity index (χ1) is 18.0. The summed E-state index contributed by atoms with van der Waals surface area (Å²) >= 11 is 0. The van der Waals surface area contributed by atoms with E-state index in [1.165, 1.54) is 44.2 Å². The van der Waals surface area contributed by atoms with Crippen molar-refractivity contribution in [2.24, 2.45) is 0 Å². The summed E-state index contributed by atoms with van der Waals surface area (Å²) in [6.45, 7) is 6.74. The molecule has 0 aromatic heterocycles. The second-order valence-electron chi connectivity index (χ2n) is 9.57. The fourth-order valence-corrected chi connectivity index (χ4v) is 4.21. The van der Waals surface area contributed by atoms with Gasteiger partial charge in [-0.05, 0) is 49.9 Å². The van der Waals surface area contributed by atoms with Gasteiger partial charge in [0.05, 0.1) is 18.3 Å². The molecule has 0 radical (unpaired) electrons. The van der Waals surface area contributed by atoms with E-state index in [2.05, 4.69) is 20.8 Å². The van der Waals surface area contributed by atoms with Crippen molar-refractivity contribution in [2.45, 2.75) is 110 Å². The van der Waals surface area contributed by atoms with Gasteiger partial charge in [-0.3, -0.25) is 0 Å². The van der Waals surface area contributed by atoms with E-state index < -0.39 is 23.2 Å². The van der Waals surface area contributed by atoms with Crippen LogP contribution in [0.5, 0.6) is 17.2 Å². The molecule has 0 aliphatic heterocycles. The number of unbranched alkanes of at least 4 members (excludes halogenated alkanes) is 8. The summed E-state index contributed by atoms with van der Waals surface area (Å²) in [5.74, 6) is -3.03. The third kappa shape index (κ3) is 10.7. The molecule has 2 aromatic rings. The van der Waals surface area contributed by atoms with Crippen LogP contribution in [0.25, 0.3) is 0 Å². The van der Waals surface area contributed by atoms with Crippen molar-refractivity contribution in [1.29, 1.82) is 0 Å². The molecule has 0 saturated heterocycles. The van der Waals surface area contributed by atoms with E-state index >= 15 is 0 Å². The molecule has 0 amide bonds. The van der Waals surface area contributed by atoms with E-state index in [-0.39, 0.29) is 17.6 Å². The Balaban J connectivity index is 2.00. The SMILES string of the molecule is CCCCCCCCOc1ccc(C(=O)Oc2ccccc2OC(CCC)CCCCCC)c(F)c1F. The number of esters is 1. The lowest BCUT2D eigenvalue weighted by molar-refractivity contribution is 0.0714. The highest BCUT2D eigenvalue weighted by Crippen LogP contribution is 2.31. The van der Waals surface area contributed by atoms with Gasteiger partial charge in [-0.2, -0.15) is 4.39 Å². The van der Waals surface area contributed by atoms with Crippen LogP contribution >= 0.6 is 0 Å². The Morgan fingerprint density at radius 1 is 0.703 bits per heavy atom. The lowest BCUT2D eigenvalue weighted by Crippen LogP contribution is -2.18. The number of para-hydroxylation sites is 2. The second kappa shape index (κ2) is 17.8. The highest BCUT2D eigenvalue weighted by Gasteiger charge is 2.23. The van der Waals surface area contributed by atoms with E-state index in [0.717, 1.165) is 51.4 Å². The molecule has 2 aromatic carbocycles. The number of halogens is 2. The first-order valence-electron chi connectivity index (χ1n) is 14.1. The van der Waals surface area contributed by atoms with Gasteiger partial charge in [0.15, 0.2) is 23.1 Å². The minimum absolute atomic E-state index is 0.000958. The predicted molar refractivity (Wildman–Crippen MR) is 145 cm³/mol. The van der Waals surface area contributed by atoms with E-state index in [9.17, 15) is 13.6 Å². The minimum Gasteiger partial charge on any atom is -0.490 e. The summed E-state index contributed by atoms with van der Waals surface area (Å²) in [6, 6.07) is 9.31. The zero-order valence-corrected chi connectivity index (χ0v) is 22.8. The summed E-state index contributed by atoms with van der Waals surface area (Å²) in [5.41, 5.74) is -0.483. The molecule has 1 unspecified atom stereocenters. The first kappa shape index (κ1) is 30.6. The van der Waals surface area contributed by atoms with Gasteiger partial charge < -0.3 is 14.2 Å². The number of carbonyl (C=O) groups is 1. The summed E-state index contributed by atoms with van der Waals surface area (Å²) in [7, 11) is 0. The first-order valence-corrected chi connectivity index (χ1v) is 14.1. The third-order valence-corrected chi connectivity index (χ3v) is 6.36. The van der Waals surface area contributed by atoms with E-state index in [1.807, 2.05) is 0 Å². The van der Waals surface area contributed by atoms with Crippen LogP contribution in [0, 0.1) is 11.6 Å². The zero-order chi connectivity index (χ0) is 26.9. The number of carbonyl (C=O) groups excluding carboxylic acids is 1. The fraction of sp³-hybridized carbons (Fsp3) is 0.581. The van der Waals surface area contributed by atoms with Crippen LogP contribution in [0.4, 0.5) is 8.78 Å². The van der Waals surface area contributed by atoms with Crippen LogP contribution in [-0.2, 0) is 0 Å². The van der Waals surface area contributed by atoms with E-state index in [1.54, 1.807) is 24.3 Å². The largest absolute Gasteiger partial charge is 0.490 e. The topological polar surface area (TPSA) is 44.8 Å². The molecule has 2 rings (SSSR count). The summed E-state index contributed by atoms with van der Waals surface area (Å²) in [5, 5.41) is 0. The molecule has 37 heavy (non-hydrogen) atoms. The summed E-state index contributed by atoms with van der Waals surface area (Å²) < 4.78 is 46.5.